The highest BCUT2D eigenvalue weighted by Gasteiger charge is 1.93. The third-order valence-electron chi connectivity index (χ3n) is 1.55. The maximum Gasteiger partial charge on any atom is 0.0319 e. The van der Waals surface area contributed by atoms with Crippen molar-refractivity contribution in [2.75, 3.05) is 7.11 Å². The average Bonchev–Trinajstić information content (AvgIpc) is 2.25. The van der Waals surface area contributed by atoms with Gasteiger partial charge in [0, 0.05) is 7.11 Å². The van der Waals surface area contributed by atoms with Crippen molar-refractivity contribution >= 4 is 0 Å². The van der Waals surface area contributed by atoms with E-state index in [1.54, 1.807) is 5.57 Å². The van der Waals surface area contributed by atoms with Crippen molar-refractivity contribution in [3.8, 4) is 0 Å². The van der Waals surface area contributed by atoms with Crippen molar-refractivity contribution in [3.05, 3.63) is 23.8 Å². The molecule has 0 radical (unpaired) electrons. The van der Waals surface area contributed by atoms with E-state index in [-0.39, 0.29) is 0 Å². The Kier molecular flexibility index (Phi) is 15.2. The molecule has 12 heavy (non-hydrogen) atoms. The lowest BCUT2D eigenvalue weighted by molar-refractivity contribution is 0.399. The quantitative estimate of drug-likeness (QED) is 0.640. The van der Waals surface area contributed by atoms with Crippen LogP contribution >= 0.6 is 0 Å². The first-order valence-corrected chi connectivity index (χ1v) is 4.73. The molecule has 0 aromatic rings. The number of hydrogen-bond acceptors (Lipinski definition) is 1. The van der Waals surface area contributed by atoms with Gasteiger partial charge >= 0.3 is 0 Å². The molecule has 0 heterocycles. The lowest BCUT2D eigenvalue weighted by Crippen LogP contribution is -1.83. The van der Waals surface area contributed by atoms with Gasteiger partial charge in [0.2, 0.25) is 0 Å². The van der Waals surface area contributed by atoms with Crippen LogP contribution in [0.5, 0.6) is 0 Å². The van der Waals surface area contributed by atoms with E-state index >= 15 is 0 Å². The van der Waals surface area contributed by atoms with E-state index in [4.69, 9.17) is 5.11 Å². The minimum absolute atomic E-state index is 1.00. The van der Waals surface area contributed by atoms with E-state index in [1.807, 2.05) is 13.8 Å². The minimum Gasteiger partial charge on any atom is -0.400 e. The first-order chi connectivity index (χ1) is 5.93. The van der Waals surface area contributed by atoms with Crippen LogP contribution < -0.4 is 0 Å². The van der Waals surface area contributed by atoms with E-state index in [1.165, 1.54) is 19.3 Å². The van der Waals surface area contributed by atoms with Crippen molar-refractivity contribution < 1.29 is 5.11 Å². The third kappa shape index (κ3) is 7.55. The van der Waals surface area contributed by atoms with Gasteiger partial charge in [-0.05, 0) is 19.3 Å². The molecule has 1 aliphatic carbocycles. The molecule has 0 spiro atoms. The molecule has 0 saturated carbocycles. The van der Waals surface area contributed by atoms with Crippen LogP contribution in [0.4, 0.5) is 0 Å². The maximum atomic E-state index is 7.00. The Morgan fingerprint density at radius 3 is 2.17 bits per heavy atom. The van der Waals surface area contributed by atoms with Crippen LogP contribution in [0.1, 0.15) is 40.0 Å². The Morgan fingerprint density at radius 2 is 1.92 bits per heavy atom. The maximum absolute atomic E-state index is 7.00. The summed E-state index contributed by atoms with van der Waals surface area (Å²) in [5, 5.41) is 7.00. The highest BCUT2D eigenvalue weighted by molar-refractivity contribution is 5.16. The van der Waals surface area contributed by atoms with Crippen LogP contribution in [0.3, 0.4) is 0 Å². The third-order valence-corrected chi connectivity index (χ3v) is 1.55. The number of rotatable bonds is 1. The monoisotopic (exact) mass is 170 g/mol. The lowest BCUT2D eigenvalue weighted by Gasteiger charge is -2.03. The number of aliphatic hydroxyl groups is 1. The number of hydrogen-bond donors (Lipinski definition) is 1. The van der Waals surface area contributed by atoms with Gasteiger partial charge in [0.1, 0.15) is 0 Å². The highest BCUT2D eigenvalue weighted by atomic mass is 16.2. The van der Waals surface area contributed by atoms with Crippen LogP contribution in [-0.2, 0) is 0 Å². The van der Waals surface area contributed by atoms with Gasteiger partial charge in [0.15, 0.2) is 0 Å². The van der Waals surface area contributed by atoms with E-state index in [0.717, 1.165) is 7.11 Å². The van der Waals surface area contributed by atoms with Gasteiger partial charge in [-0.1, -0.05) is 44.6 Å². The molecule has 1 rings (SSSR count). The second kappa shape index (κ2) is 13.1. The Labute approximate surface area is 76.8 Å². The Morgan fingerprint density at radius 1 is 1.33 bits per heavy atom. The fourth-order valence-corrected chi connectivity index (χ4v) is 0.947. The Balaban J connectivity index is 0. The predicted octanol–water partition coefficient (Wildman–Crippen LogP) is 3.31. The Bertz CT molecular complexity index is 123. The zero-order chi connectivity index (χ0) is 9.82. The van der Waals surface area contributed by atoms with Crippen molar-refractivity contribution in [2.24, 2.45) is 0 Å². The molecule has 1 N–H and O–H groups in total. The van der Waals surface area contributed by atoms with Crippen LogP contribution in [-0.4, -0.2) is 12.2 Å². The van der Waals surface area contributed by atoms with E-state index in [0.29, 0.717) is 0 Å². The first kappa shape index (κ1) is 14.0. The molecule has 0 bridgehead atoms. The van der Waals surface area contributed by atoms with E-state index < -0.39 is 0 Å². The van der Waals surface area contributed by atoms with Crippen LogP contribution in [0, 0.1) is 0 Å². The molecular formula is C11H22O. The van der Waals surface area contributed by atoms with Crippen molar-refractivity contribution in [3.63, 3.8) is 0 Å². The summed E-state index contributed by atoms with van der Waals surface area (Å²) in [6, 6.07) is 0. The van der Waals surface area contributed by atoms with Gasteiger partial charge in [0.25, 0.3) is 0 Å². The normalized spacial score (nSPS) is 13.2. The van der Waals surface area contributed by atoms with Crippen LogP contribution in [0.15, 0.2) is 23.8 Å². The number of allylic oxidation sites excluding steroid dienone is 4. The van der Waals surface area contributed by atoms with Gasteiger partial charge in [-0.2, -0.15) is 0 Å². The van der Waals surface area contributed by atoms with Gasteiger partial charge in [-0.3, -0.25) is 0 Å². The first-order valence-electron chi connectivity index (χ1n) is 4.73. The van der Waals surface area contributed by atoms with Gasteiger partial charge < -0.3 is 5.11 Å². The molecule has 0 fully saturated rings. The summed E-state index contributed by atoms with van der Waals surface area (Å²) in [4.78, 5) is 0. The predicted molar refractivity (Wildman–Crippen MR) is 56.2 cm³/mol. The summed E-state index contributed by atoms with van der Waals surface area (Å²) in [7, 11) is 1.00. The SMILES string of the molecule is CC.CCC1=CC=CCC1.CO. The molecule has 1 heteroatoms. The molecular weight excluding hydrogens is 148 g/mol. The number of aliphatic hydroxyl groups excluding tert-OH is 1. The van der Waals surface area contributed by atoms with E-state index in [2.05, 4.69) is 25.2 Å². The largest absolute Gasteiger partial charge is 0.400 e. The molecule has 0 saturated heterocycles. The molecule has 0 aliphatic heterocycles. The summed E-state index contributed by atoms with van der Waals surface area (Å²) in [5.74, 6) is 0. The van der Waals surface area contributed by atoms with Crippen LogP contribution in [0.2, 0.25) is 0 Å². The fourth-order valence-electron chi connectivity index (χ4n) is 0.947. The summed E-state index contributed by atoms with van der Waals surface area (Å²) in [6.07, 6.45) is 10.4. The lowest BCUT2D eigenvalue weighted by atomic mass is 10.0. The van der Waals surface area contributed by atoms with Crippen molar-refractivity contribution in [1.29, 1.82) is 0 Å². The van der Waals surface area contributed by atoms with Gasteiger partial charge in [-0.25, -0.2) is 0 Å². The zero-order valence-corrected chi connectivity index (χ0v) is 8.80. The molecule has 0 atom stereocenters. The topological polar surface area (TPSA) is 20.2 Å². The molecule has 0 unspecified atom stereocenters. The van der Waals surface area contributed by atoms with Gasteiger partial charge in [-0.15, -0.1) is 0 Å². The van der Waals surface area contributed by atoms with E-state index in [9.17, 15) is 0 Å². The second-order valence-corrected chi connectivity index (χ2v) is 2.15. The molecule has 1 nitrogen and oxygen atoms in total. The average molecular weight is 170 g/mol. The minimum atomic E-state index is 1.00. The zero-order valence-electron chi connectivity index (χ0n) is 8.80. The standard InChI is InChI=1S/C8H12.C2H6.CH4O/c1-2-8-6-4-3-5-7-8;2*1-2/h3-4,6H,2,5,7H2,1H3;1-2H3;2H,1H3. The highest BCUT2D eigenvalue weighted by Crippen LogP contribution is 2.13. The molecule has 0 aromatic carbocycles. The smallest absolute Gasteiger partial charge is 0.0319 e. The summed E-state index contributed by atoms with van der Waals surface area (Å²) in [6.45, 7) is 6.21. The van der Waals surface area contributed by atoms with Crippen molar-refractivity contribution in [2.45, 2.75) is 40.0 Å². The molecule has 72 valence electrons. The van der Waals surface area contributed by atoms with Crippen LogP contribution in [0.25, 0.3) is 0 Å². The molecule has 0 aromatic heterocycles. The summed E-state index contributed by atoms with van der Waals surface area (Å²) < 4.78 is 0. The molecule has 0 amide bonds. The summed E-state index contributed by atoms with van der Waals surface area (Å²) in [5.41, 5.74) is 1.59. The van der Waals surface area contributed by atoms with Gasteiger partial charge in [0.05, 0.1) is 0 Å². The fraction of sp³-hybridized carbons (Fsp3) is 0.636. The summed E-state index contributed by atoms with van der Waals surface area (Å²) >= 11 is 0. The van der Waals surface area contributed by atoms with Crippen molar-refractivity contribution in [1.82, 2.24) is 0 Å². The molecule has 1 aliphatic rings. The Hall–Kier alpha value is -0.560. The second-order valence-electron chi connectivity index (χ2n) is 2.15.